The van der Waals surface area contributed by atoms with Gasteiger partial charge in [0.15, 0.2) is 0 Å². The molecule has 0 bridgehead atoms. The van der Waals surface area contributed by atoms with Gasteiger partial charge in [-0.2, -0.15) is 0 Å². The summed E-state index contributed by atoms with van der Waals surface area (Å²) < 4.78 is 13.0. The first-order chi connectivity index (χ1) is 19.8. The maximum absolute atomic E-state index is 6.49. The lowest BCUT2D eigenvalue weighted by Gasteiger charge is -2.33. The van der Waals surface area contributed by atoms with E-state index in [2.05, 4.69) is 110 Å². The minimum absolute atomic E-state index is 0.0185. The Labute approximate surface area is 241 Å². The Kier molecular flexibility index (Phi) is 5.09. The van der Waals surface area contributed by atoms with Gasteiger partial charge < -0.3 is 19.3 Å². The van der Waals surface area contributed by atoms with Crippen LogP contribution >= 0.6 is 0 Å². The van der Waals surface area contributed by atoms with Crippen LogP contribution in [0.25, 0.3) is 11.3 Å². The number of nitrogens with zero attached hydrogens (tertiary/aromatic N) is 3. The molecule has 6 heteroatoms. The van der Waals surface area contributed by atoms with Gasteiger partial charge >= 0.3 is 0 Å². The van der Waals surface area contributed by atoms with Crippen molar-refractivity contribution in [1.82, 2.24) is 4.98 Å². The van der Waals surface area contributed by atoms with Crippen LogP contribution in [0.5, 0.6) is 23.0 Å². The van der Waals surface area contributed by atoms with E-state index in [0.29, 0.717) is 0 Å². The van der Waals surface area contributed by atoms with Gasteiger partial charge in [0.05, 0.1) is 23.7 Å². The van der Waals surface area contributed by atoms with Crippen molar-refractivity contribution in [2.45, 2.75) is 26.2 Å². The predicted octanol–water partition coefficient (Wildman–Crippen LogP) is 6.32. The third-order valence-corrected chi connectivity index (χ3v) is 8.55. The standard InChI is InChI=1S/C35H30BN3O2/c1-35(2,3)23-16-17-37-27(19-23)22-12-14-30-25(18-22)36-26-20-24(39-21-38(4)28-8-5-6-9-29(28)39)13-15-31(26)41-33-11-7-10-32(40-30)34(33)36/h5-20H,21H2,1-4H3. The quantitative estimate of drug-likeness (QED) is 0.242. The highest BCUT2D eigenvalue weighted by Gasteiger charge is 2.40. The van der Waals surface area contributed by atoms with E-state index in [1.54, 1.807) is 0 Å². The zero-order valence-corrected chi connectivity index (χ0v) is 23.7. The molecule has 0 radical (unpaired) electrons. The average molecular weight is 535 g/mol. The molecule has 5 aromatic rings. The lowest BCUT2D eigenvalue weighted by molar-refractivity contribution is 0.464. The maximum atomic E-state index is 6.49. The molecule has 4 heterocycles. The number of hydrogen-bond acceptors (Lipinski definition) is 5. The highest BCUT2D eigenvalue weighted by Crippen LogP contribution is 2.41. The zero-order chi connectivity index (χ0) is 27.9. The van der Waals surface area contributed by atoms with Crippen molar-refractivity contribution in [2.24, 2.45) is 0 Å². The van der Waals surface area contributed by atoms with Gasteiger partial charge in [-0.15, -0.1) is 0 Å². The second-order valence-electron chi connectivity index (χ2n) is 12.2. The Morgan fingerprint density at radius 3 is 2.20 bits per heavy atom. The molecule has 0 N–H and O–H groups in total. The zero-order valence-electron chi connectivity index (χ0n) is 23.7. The van der Waals surface area contributed by atoms with Crippen molar-refractivity contribution in [2.75, 3.05) is 23.5 Å². The van der Waals surface area contributed by atoms with E-state index < -0.39 is 0 Å². The Bertz CT molecular complexity index is 1850. The van der Waals surface area contributed by atoms with Crippen LogP contribution in [0, 0.1) is 0 Å². The molecule has 4 aromatic carbocycles. The summed E-state index contributed by atoms with van der Waals surface area (Å²) in [6.07, 6.45) is 1.92. The van der Waals surface area contributed by atoms with E-state index in [9.17, 15) is 0 Å². The van der Waals surface area contributed by atoms with Crippen LogP contribution in [0.2, 0.25) is 0 Å². The van der Waals surface area contributed by atoms with Crippen molar-refractivity contribution >= 4 is 40.2 Å². The predicted molar refractivity (Wildman–Crippen MR) is 168 cm³/mol. The number of anilines is 3. The molecule has 0 aliphatic carbocycles. The van der Waals surface area contributed by atoms with Crippen LogP contribution in [0.3, 0.4) is 0 Å². The first-order valence-electron chi connectivity index (χ1n) is 14.2. The van der Waals surface area contributed by atoms with E-state index in [0.717, 1.165) is 63.0 Å². The van der Waals surface area contributed by atoms with Gasteiger partial charge in [0.25, 0.3) is 6.71 Å². The molecule has 41 heavy (non-hydrogen) atoms. The number of para-hydroxylation sites is 2. The second kappa shape index (κ2) is 8.65. The van der Waals surface area contributed by atoms with Crippen LogP contribution in [0.1, 0.15) is 26.3 Å². The number of aromatic nitrogens is 1. The first-order valence-corrected chi connectivity index (χ1v) is 14.2. The summed E-state index contributed by atoms with van der Waals surface area (Å²) in [5.74, 6) is 3.46. The summed E-state index contributed by atoms with van der Waals surface area (Å²) in [4.78, 5) is 9.42. The van der Waals surface area contributed by atoms with Crippen LogP contribution in [-0.4, -0.2) is 25.4 Å². The van der Waals surface area contributed by atoms with Gasteiger partial charge in [-0.3, -0.25) is 4.98 Å². The number of pyridine rings is 1. The van der Waals surface area contributed by atoms with E-state index in [1.807, 2.05) is 24.4 Å². The maximum Gasteiger partial charge on any atom is 0.260 e. The molecule has 0 atom stereocenters. The molecule has 8 rings (SSSR count). The Morgan fingerprint density at radius 2 is 1.44 bits per heavy atom. The van der Waals surface area contributed by atoms with Crippen molar-refractivity contribution in [3.8, 4) is 34.3 Å². The number of fused-ring (bicyclic) bond motifs is 5. The van der Waals surface area contributed by atoms with Gasteiger partial charge in [0.2, 0.25) is 0 Å². The SMILES string of the molecule is CN1CN(c2ccc3c(c2)B2c4cc(-c5cc(C(C)(C)C)ccn5)ccc4Oc4cccc(c42)O3)c2ccccc21. The van der Waals surface area contributed by atoms with E-state index in [1.165, 1.54) is 16.9 Å². The third-order valence-electron chi connectivity index (χ3n) is 8.55. The first kappa shape index (κ1) is 24.1. The molecule has 3 aliphatic rings. The average Bonchev–Trinajstić information content (AvgIpc) is 3.32. The fraction of sp³-hybridized carbons (Fsp3) is 0.171. The molecule has 0 saturated heterocycles. The number of ether oxygens (including phenoxy) is 2. The molecular formula is C35H30BN3O2. The Morgan fingerprint density at radius 1 is 0.732 bits per heavy atom. The van der Waals surface area contributed by atoms with Gasteiger partial charge in [-0.25, -0.2) is 0 Å². The lowest BCUT2D eigenvalue weighted by atomic mass is 9.34. The van der Waals surface area contributed by atoms with Crippen LogP contribution in [0.15, 0.2) is 97.2 Å². The summed E-state index contributed by atoms with van der Waals surface area (Å²) in [7, 11) is 2.14. The van der Waals surface area contributed by atoms with Crippen LogP contribution < -0.4 is 35.7 Å². The molecule has 1 aromatic heterocycles. The molecule has 5 nitrogen and oxygen atoms in total. The number of benzene rings is 4. The van der Waals surface area contributed by atoms with Crippen LogP contribution in [0.4, 0.5) is 17.1 Å². The van der Waals surface area contributed by atoms with Crippen molar-refractivity contribution < 1.29 is 9.47 Å². The lowest BCUT2D eigenvalue weighted by Crippen LogP contribution is -2.57. The summed E-state index contributed by atoms with van der Waals surface area (Å²) in [6.45, 7) is 7.48. The second-order valence-corrected chi connectivity index (χ2v) is 12.2. The molecule has 200 valence electrons. The topological polar surface area (TPSA) is 37.8 Å². The smallest absolute Gasteiger partial charge is 0.260 e. The monoisotopic (exact) mass is 535 g/mol. The third kappa shape index (κ3) is 3.74. The molecule has 0 fully saturated rings. The van der Waals surface area contributed by atoms with Crippen LogP contribution in [-0.2, 0) is 5.41 Å². The van der Waals surface area contributed by atoms with E-state index >= 15 is 0 Å². The minimum atomic E-state index is -0.0185. The molecule has 0 spiro atoms. The number of rotatable bonds is 2. The highest BCUT2D eigenvalue weighted by molar-refractivity contribution is 6.98. The highest BCUT2D eigenvalue weighted by atomic mass is 16.5. The van der Waals surface area contributed by atoms with Gasteiger partial charge in [-0.05, 0) is 94.2 Å². The summed E-state index contributed by atoms with van der Waals surface area (Å²) in [5, 5.41) is 0. The van der Waals surface area contributed by atoms with E-state index in [4.69, 9.17) is 14.5 Å². The minimum Gasteiger partial charge on any atom is -0.458 e. The van der Waals surface area contributed by atoms with Crippen molar-refractivity contribution in [3.63, 3.8) is 0 Å². The largest absolute Gasteiger partial charge is 0.458 e. The summed E-state index contributed by atoms with van der Waals surface area (Å²) >= 11 is 0. The van der Waals surface area contributed by atoms with E-state index in [-0.39, 0.29) is 12.1 Å². The van der Waals surface area contributed by atoms with Crippen molar-refractivity contribution in [1.29, 1.82) is 0 Å². The fourth-order valence-electron chi connectivity index (χ4n) is 6.41. The summed E-state index contributed by atoms with van der Waals surface area (Å²) in [5.41, 5.74) is 10.3. The van der Waals surface area contributed by atoms with Gasteiger partial charge in [-0.1, -0.05) is 45.0 Å². The fourth-order valence-corrected chi connectivity index (χ4v) is 6.41. The summed E-state index contributed by atoms with van der Waals surface area (Å²) in [6, 6.07) is 32.0. The Hall–Kier alpha value is -4.71. The molecule has 0 unspecified atom stereocenters. The normalized spacial score (nSPS) is 14.5. The van der Waals surface area contributed by atoms with Gasteiger partial charge in [0.1, 0.15) is 23.0 Å². The molecular weight excluding hydrogens is 505 g/mol. The Balaban J connectivity index is 1.29. The number of hydrogen-bond donors (Lipinski definition) is 0. The van der Waals surface area contributed by atoms with Gasteiger partial charge in [0, 0.05) is 24.4 Å². The molecule has 0 amide bonds. The van der Waals surface area contributed by atoms with Crippen molar-refractivity contribution in [3.05, 3.63) is 103 Å². The molecule has 3 aliphatic heterocycles. The molecule has 0 saturated carbocycles.